The van der Waals surface area contributed by atoms with E-state index in [2.05, 4.69) is 25.5 Å². The summed E-state index contributed by atoms with van der Waals surface area (Å²) in [6.07, 6.45) is 0. The Labute approximate surface area is 174 Å². The number of carbonyl (C=O) groups is 2. The van der Waals surface area contributed by atoms with Crippen molar-refractivity contribution in [2.45, 2.75) is 13.8 Å². The Morgan fingerprint density at radius 2 is 1.87 bits per heavy atom. The number of hydrogen-bond donors (Lipinski definition) is 3. The van der Waals surface area contributed by atoms with E-state index in [9.17, 15) is 9.59 Å². The highest BCUT2D eigenvalue weighted by molar-refractivity contribution is 7.15. The molecule has 0 atom stereocenters. The van der Waals surface area contributed by atoms with Crippen molar-refractivity contribution in [2.24, 2.45) is 5.73 Å². The summed E-state index contributed by atoms with van der Waals surface area (Å²) < 4.78 is 5.88. The van der Waals surface area contributed by atoms with Crippen LogP contribution in [0, 0.1) is 6.92 Å². The number of nitrogens with one attached hydrogen (secondary N) is 2. The van der Waals surface area contributed by atoms with Crippen LogP contribution in [0.4, 0.5) is 21.6 Å². The molecule has 4 rings (SSSR count). The highest BCUT2D eigenvalue weighted by Crippen LogP contribution is 2.31. The number of H-pyrrole nitrogens is 1. The number of fused-ring (bicyclic) bond motifs is 1. The normalized spacial score (nSPS) is 10.7. The number of aryl methyl sites for hydroxylation is 1. The average Bonchev–Trinajstić information content (AvgIpc) is 3.27. The van der Waals surface area contributed by atoms with Gasteiger partial charge in [-0.05, 0) is 43.3 Å². The molecule has 2 heterocycles. The summed E-state index contributed by atoms with van der Waals surface area (Å²) in [6.45, 7) is 3.21. The first-order valence-electron chi connectivity index (χ1n) is 8.84. The van der Waals surface area contributed by atoms with Gasteiger partial charge in [0.25, 0.3) is 0 Å². The van der Waals surface area contributed by atoms with Crippen molar-refractivity contribution in [1.82, 2.24) is 20.2 Å². The van der Waals surface area contributed by atoms with Gasteiger partial charge in [0.2, 0.25) is 17.0 Å². The SMILES string of the molecule is CC(=O)Nc1nc2cc(Oc3ccc(N(C(N)=O)c4nnc(C)s4)cc3)ccc2[nH]1. The van der Waals surface area contributed by atoms with Gasteiger partial charge in [-0.15, -0.1) is 10.2 Å². The summed E-state index contributed by atoms with van der Waals surface area (Å²) in [5, 5.41) is 11.6. The van der Waals surface area contributed by atoms with Crippen LogP contribution in [0.5, 0.6) is 11.5 Å². The standard InChI is InChI=1S/C19H17N7O3S/c1-10(27)21-18-22-15-8-7-14(9-16(15)23-18)29-13-5-3-12(4-6-13)26(17(20)28)19-25-24-11(2)30-19/h3-9H,1-2H3,(H2,20,28)(H2,21,22,23,27). The van der Waals surface area contributed by atoms with E-state index in [0.717, 1.165) is 10.5 Å². The lowest BCUT2D eigenvalue weighted by molar-refractivity contribution is -0.114. The highest BCUT2D eigenvalue weighted by Gasteiger charge is 2.19. The van der Waals surface area contributed by atoms with Crippen LogP contribution >= 0.6 is 11.3 Å². The zero-order valence-corrected chi connectivity index (χ0v) is 16.9. The molecule has 2 aromatic carbocycles. The number of hydrogen-bond acceptors (Lipinski definition) is 7. The number of aromatic nitrogens is 4. The van der Waals surface area contributed by atoms with Crippen molar-refractivity contribution >= 4 is 51.1 Å². The fraction of sp³-hybridized carbons (Fsp3) is 0.105. The number of primary amides is 1. The molecule has 3 amide bonds. The first-order valence-corrected chi connectivity index (χ1v) is 9.65. The number of nitrogens with zero attached hydrogens (tertiary/aromatic N) is 4. The highest BCUT2D eigenvalue weighted by atomic mass is 32.1. The maximum atomic E-state index is 11.9. The number of carbonyl (C=O) groups excluding carboxylic acids is 2. The van der Waals surface area contributed by atoms with Crippen molar-refractivity contribution in [2.75, 3.05) is 10.2 Å². The van der Waals surface area contributed by atoms with Gasteiger partial charge in [-0.1, -0.05) is 11.3 Å². The van der Waals surface area contributed by atoms with E-state index in [0.29, 0.717) is 33.8 Å². The second kappa shape index (κ2) is 7.79. The minimum absolute atomic E-state index is 0.209. The van der Waals surface area contributed by atoms with E-state index in [1.807, 2.05) is 6.07 Å². The van der Waals surface area contributed by atoms with Gasteiger partial charge in [-0.2, -0.15) is 0 Å². The van der Waals surface area contributed by atoms with Gasteiger partial charge in [-0.3, -0.25) is 10.1 Å². The number of urea groups is 1. The molecule has 4 aromatic rings. The molecule has 0 aliphatic carbocycles. The summed E-state index contributed by atoms with van der Waals surface area (Å²) in [6, 6.07) is 11.5. The van der Waals surface area contributed by atoms with Crippen LogP contribution in [-0.4, -0.2) is 32.1 Å². The Hall–Kier alpha value is -3.99. The van der Waals surface area contributed by atoms with Gasteiger partial charge in [0.05, 0.1) is 16.7 Å². The number of amides is 3. The van der Waals surface area contributed by atoms with Gasteiger partial charge in [0.15, 0.2) is 0 Å². The number of rotatable bonds is 5. The van der Waals surface area contributed by atoms with E-state index in [-0.39, 0.29) is 5.91 Å². The second-order valence-corrected chi connectivity index (χ2v) is 7.48. The first-order chi connectivity index (χ1) is 14.4. The van der Waals surface area contributed by atoms with Crippen molar-refractivity contribution in [3.05, 3.63) is 47.5 Å². The Bertz CT molecular complexity index is 1230. The van der Waals surface area contributed by atoms with Gasteiger partial charge in [0, 0.05) is 13.0 Å². The zero-order chi connectivity index (χ0) is 21.3. The fourth-order valence-corrected chi connectivity index (χ4v) is 3.50. The predicted molar refractivity (Wildman–Crippen MR) is 113 cm³/mol. The van der Waals surface area contributed by atoms with Crippen LogP contribution in [0.25, 0.3) is 11.0 Å². The van der Waals surface area contributed by atoms with Gasteiger partial charge < -0.3 is 15.5 Å². The van der Waals surface area contributed by atoms with Crippen molar-refractivity contribution in [1.29, 1.82) is 0 Å². The predicted octanol–water partition coefficient (Wildman–Crippen LogP) is 3.69. The minimum Gasteiger partial charge on any atom is -0.457 e. The Morgan fingerprint density at radius 1 is 1.13 bits per heavy atom. The van der Waals surface area contributed by atoms with Crippen LogP contribution in [0.15, 0.2) is 42.5 Å². The molecule has 152 valence electrons. The largest absolute Gasteiger partial charge is 0.457 e. The number of anilines is 3. The molecule has 0 spiro atoms. The minimum atomic E-state index is -0.654. The third-order valence-electron chi connectivity index (χ3n) is 4.01. The summed E-state index contributed by atoms with van der Waals surface area (Å²) in [4.78, 5) is 31.7. The fourth-order valence-electron chi connectivity index (χ4n) is 2.78. The van der Waals surface area contributed by atoms with Crippen LogP contribution in [0.2, 0.25) is 0 Å². The molecule has 0 fully saturated rings. The molecule has 30 heavy (non-hydrogen) atoms. The maximum absolute atomic E-state index is 11.9. The van der Waals surface area contributed by atoms with E-state index in [1.54, 1.807) is 43.3 Å². The molecular formula is C19H17N7O3S. The van der Waals surface area contributed by atoms with E-state index in [1.165, 1.54) is 23.2 Å². The number of imidazole rings is 1. The number of aromatic amines is 1. The lowest BCUT2D eigenvalue weighted by Gasteiger charge is -2.17. The first kappa shape index (κ1) is 19.3. The molecule has 0 bridgehead atoms. The lowest BCUT2D eigenvalue weighted by atomic mass is 10.2. The quantitative estimate of drug-likeness (QED) is 0.447. The van der Waals surface area contributed by atoms with Crippen LogP contribution in [0.1, 0.15) is 11.9 Å². The molecular weight excluding hydrogens is 406 g/mol. The van der Waals surface area contributed by atoms with Crippen LogP contribution in [-0.2, 0) is 4.79 Å². The molecule has 0 aliphatic heterocycles. The molecule has 0 saturated heterocycles. The molecule has 0 saturated carbocycles. The Morgan fingerprint density at radius 3 is 2.50 bits per heavy atom. The topological polar surface area (TPSA) is 139 Å². The Kier molecular flexibility index (Phi) is 5.02. The summed E-state index contributed by atoms with van der Waals surface area (Å²) in [7, 11) is 0. The monoisotopic (exact) mass is 423 g/mol. The van der Waals surface area contributed by atoms with Crippen molar-refractivity contribution in [3.8, 4) is 11.5 Å². The number of nitrogens with two attached hydrogens (primary N) is 1. The molecule has 0 unspecified atom stereocenters. The molecule has 0 radical (unpaired) electrons. The summed E-state index contributed by atoms with van der Waals surface area (Å²) in [5.41, 5.74) is 7.49. The number of benzene rings is 2. The van der Waals surface area contributed by atoms with E-state index >= 15 is 0 Å². The summed E-state index contributed by atoms with van der Waals surface area (Å²) in [5.74, 6) is 1.30. The smallest absolute Gasteiger partial charge is 0.325 e. The molecule has 0 aliphatic rings. The van der Waals surface area contributed by atoms with E-state index < -0.39 is 6.03 Å². The lowest BCUT2D eigenvalue weighted by Crippen LogP contribution is -2.31. The number of ether oxygens (including phenoxy) is 1. The summed E-state index contributed by atoms with van der Waals surface area (Å²) >= 11 is 1.27. The zero-order valence-electron chi connectivity index (χ0n) is 16.0. The van der Waals surface area contributed by atoms with Gasteiger partial charge in [0.1, 0.15) is 16.5 Å². The molecule has 11 heteroatoms. The second-order valence-electron chi connectivity index (χ2n) is 6.32. The average molecular weight is 423 g/mol. The van der Waals surface area contributed by atoms with Gasteiger partial charge >= 0.3 is 6.03 Å². The molecule has 10 nitrogen and oxygen atoms in total. The van der Waals surface area contributed by atoms with Crippen LogP contribution in [0.3, 0.4) is 0 Å². The van der Waals surface area contributed by atoms with Crippen molar-refractivity contribution < 1.29 is 14.3 Å². The third-order valence-corrected chi connectivity index (χ3v) is 4.83. The van der Waals surface area contributed by atoms with Crippen LogP contribution < -0.4 is 20.7 Å². The van der Waals surface area contributed by atoms with Crippen molar-refractivity contribution in [3.63, 3.8) is 0 Å². The molecule has 2 aromatic heterocycles. The van der Waals surface area contributed by atoms with Gasteiger partial charge in [-0.25, -0.2) is 14.7 Å². The third kappa shape index (κ3) is 4.05. The Balaban J connectivity index is 1.54. The molecule has 4 N–H and O–H groups in total. The van der Waals surface area contributed by atoms with E-state index in [4.69, 9.17) is 10.5 Å². The maximum Gasteiger partial charge on any atom is 0.325 e.